The Bertz CT molecular complexity index is 419. The highest BCUT2D eigenvalue weighted by atomic mass is 16.3. The molecule has 1 aromatic rings. The molecule has 1 aliphatic rings. The number of carbonyl (C=O) groups is 1. The molecule has 7 heteroatoms. The van der Waals surface area contributed by atoms with Gasteiger partial charge in [0.2, 0.25) is 0 Å². The third kappa shape index (κ3) is 2.85. The molecule has 0 aliphatic carbocycles. The van der Waals surface area contributed by atoms with Gasteiger partial charge in [-0.25, -0.2) is 0 Å². The van der Waals surface area contributed by atoms with Crippen molar-refractivity contribution in [1.29, 1.82) is 0 Å². The summed E-state index contributed by atoms with van der Waals surface area (Å²) in [4.78, 5) is 13.8. The first-order chi connectivity index (χ1) is 8.52. The van der Waals surface area contributed by atoms with Crippen LogP contribution in [0.1, 0.15) is 30.3 Å². The van der Waals surface area contributed by atoms with E-state index >= 15 is 0 Å². The van der Waals surface area contributed by atoms with E-state index in [0.29, 0.717) is 44.7 Å². The first-order valence-corrected chi connectivity index (χ1v) is 6.14. The van der Waals surface area contributed by atoms with Crippen LogP contribution in [0.15, 0.2) is 6.20 Å². The highest BCUT2D eigenvalue weighted by Gasteiger charge is 2.30. The SMILES string of the molecule is CC1(O)CCN(C(=O)c2cn(CCN)nn2)CC1. The van der Waals surface area contributed by atoms with Gasteiger partial charge in [0.05, 0.1) is 18.3 Å². The number of rotatable bonds is 3. The molecule has 2 rings (SSSR count). The van der Waals surface area contributed by atoms with Gasteiger partial charge in [0.1, 0.15) is 0 Å². The summed E-state index contributed by atoms with van der Waals surface area (Å²) in [5.74, 6) is -0.131. The number of likely N-dealkylation sites (tertiary alicyclic amines) is 1. The molecule has 0 spiro atoms. The molecular weight excluding hydrogens is 234 g/mol. The van der Waals surface area contributed by atoms with Crippen LogP contribution in [0.2, 0.25) is 0 Å². The standard InChI is InChI=1S/C11H19N5O2/c1-11(18)2-5-15(6-3-11)10(17)9-8-16(7-4-12)14-13-9/h8,18H,2-7,12H2,1H3. The molecule has 0 radical (unpaired) electrons. The van der Waals surface area contributed by atoms with Crippen molar-refractivity contribution in [3.63, 3.8) is 0 Å². The molecule has 0 saturated carbocycles. The van der Waals surface area contributed by atoms with Gasteiger partial charge in [-0.3, -0.25) is 9.48 Å². The average Bonchev–Trinajstić information content (AvgIpc) is 2.77. The summed E-state index contributed by atoms with van der Waals surface area (Å²) in [5, 5.41) is 17.5. The van der Waals surface area contributed by atoms with E-state index in [4.69, 9.17) is 5.73 Å². The predicted octanol–water partition coefficient (Wildman–Crippen LogP) is -0.776. The molecule has 100 valence electrons. The van der Waals surface area contributed by atoms with E-state index in [9.17, 15) is 9.90 Å². The van der Waals surface area contributed by atoms with E-state index in [2.05, 4.69) is 10.3 Å². The molecule has 1 aliphatic heterocycles. The summed E-state index contributed by atoms with van der Waals surface area (Å²) in [6.07, 6.45) is 2.80. The van der Waals surface area contributed by atoms with Gasteiger partial charge in [-0.05, 0) is 19.8 Å². The summed E-state index contributed by atoms with van der Waals surface area (Å²) >= 11 is 0. The van der Waals surface area contributed by atoms with Crippen LogP contribution in [0.3, 0.4) is 0 Å². The Morgan fingerprint density at radius 2 is 2.22 bits per heavy atom. The molecule has 0 aromatic carbocycles. The van der Waals surface area contributed by atoms with Crippen molar-refractivity contribution < 1.29 is 9.90 Å². The number of piperidine rings is 1. The Hall–Kier alpha value is -1.47. The van der Waals surface area contributed by atoms with Gasteiger partial charge < -0.3 is 15.7 Å². The maximum Gasteiger partial charge on any atom is 0.276 e. The normalized spacial score (nSPS) is 18.9. The van der Waals surface area contributed by atoms with Crippen molar-refractivity contribution >= 4 is 5.91 Å². The van der Waals surface area contributed by atoms with E-state index in [0.717, 1.165) is 0 Å². The summed E-state index contributed by atoms with van der Waals surface area (Å²) in [7, 11) is 0. The van der Waals surface area contributed by atoms with Gasteiger partial charge in [-0.1, -0.05) is 5.21 Å². The Morgan fingerprint density at radius 1 is 1.56 bits per heavy atom. The summed E-state index contributed by atoms with van der Waals surface area (Å²) in [5.41, 5.74) is 5.09. The van der Waals surface area contributed by atoms with Crippen molar-refractivity contribution in [2.75, 3.05) is 19.6 Å². The van der Waals surface area contributed by atoms with Gasteiger partial charge in [-0.2, -0.15) is 0 Å². The smallest absolute Gasteiger partial charge is 0.276 e. The highest BCUT2D eigenvalue weighted by molar-refractivity contribution is 5.92. The summed E-state index contributed by atoms with van der Waals surface area (Å²) < 4.78 is 1.56. The minimum Gasteiger partial charge on any atom is -0.390 e. The van der Waals surface area contributed by atoms with Crippen LogP contribution >= 0.6 is 0 Å². The van der Waals surface area contributed by atoms with Gasteiger partial charge >= 0.3 is 0 Å². The molecule has 0 unspecified atom stereocenters. The van der Waals surface area contributed by atoms with Gasteiger partial charge in [0.25, 0.3) is 5.91 Å². The van der Waals surface area contributed by atoms with Crippen LogP contribution < -0.4 is 5.73 Å². The molecule has 7 nitrogen and oxygen atoms in total. The monoisotopic (exact) mass is 253 g/mol. The zero-order valence-corrected chi connectivity index (χ0v) is 10.5. The molecule has 0 bridgehead atoms. The van der Waals surface area contributed by atoms with Crippen molar-refractivity contribution in [2.24, 2.45) is 5.73 Å². The van der Waals surface area contributed by atoms with E-state index in [1.807, 2.05) is 0 Å². The van der Waals surface area contributed by atoms with Crippen LogP contribution in [-0.2, 0) is 6.54 Å². The molecule has 1 aromatic heterocycles. The number of carbonyl (C=O) groups excluding carboxylic acids is 1. The highest BCUT2D eigenvalue weighted by Crippen LogP contribution is 2.21. The van der Waals surface area contributed by atoms with Crippen LogP contribution in [0.5, 0.6) is 0 Å². The molecule has 1 saturated heterocycles. The number of amides is 1. The molecule has 2 heterocycles. The fourth-order valence-corrected chi connectivity index (χ4v) is 1.99. The maximum absolute atomic E-state index is 12.1. The van der Waals surface area contributed by atoms with Gasteiger partial charge in [-0.15, -0.1) is 5.10 Å². The second kappa shape index (κ2) is 5.03. The molecule has 1 fully saturated rings. The first kappa shape index (κ1) is 13.0. The lowest BCUT2D eigenvalue weighted by molar-refractivity contribution is -0.00219. The lowest BCUT2D eigenvalue weighted by Gasteiger charge is -2.35. The third-order valence-corrected chi connectivity index (χ3v) is 3.24. The van der Waals surface area contributed by atoms with Crippen molar-refractivity contribution in [1.82, 2.24) is 19.9 Å². The van der Waals surface area contributed by atoms with Crippen LogP contribution in [0.4, 0.5) is 0 Å². The number of aliphatic hydroxyl groups is 1. The Kier molecular flexibility index (Phi) is 3.63. The third-order valence-electron chi connectivity index (χ3n) is 3.24. The van der Waals surface area contributed by atoms with Crippen molar-refractivity contribution in [2.45, 2.75) is 31.9 Å². The van der Waals surface area contributed by atoms with E-state index in [-0.39, 0.29) is 5.91 Å². The van der Waals surface area contributed by atoms with E-state index in [1.54, 1.807) is 22.7 Å². The molecule has 18 heavy (non-hydrogen) atoms. The van der Waals surface area contributed by atoms with E-state index < -0.39 is 5.60 Å². The van der Waals surface area contributed by atoms with Gasteiger partial charge in [0, 0.05) is 19.6 Å². The average molecular weight is 253 g/mol. The van der Waals surface area contributed by atoms with Crippen molar-refractivity contribution in [3.8, 4) is 0 Å². The van der Waals surface area contributed by atoms with Gasteiger partial charge in [0.15, 0.2) is 5.69 Å². The lowest BCUT2D eigenvalue weighted by atomic mass is 9.94. The van der Waals surface area contributed by atoms with E-state index in [1.165, 1.54) is 0 Å². The van der Waals surface area contributed by atoms with Crippen LogP contribution in [-0.4, -0.2) is 56.1 Å². The van der Waals surface area contributed by atoms with Crippen molar-refractivity contribution in [3.05, 3.63) is 11.9 Å². The summed E-state index contributed by atoms with van der Waals surface area (Å²) in [6.45, 7) is 3.91. The molecular formula is C11H19N5O2. The zero-order valence-electron chi connectivity index (χ0n) is 10.5. The zero-order chi connectivity index (χ0) is 13.2. The fourth-order valence-electron chi connectivity index (χ4n) is 1.99. The quantitative estimate of drug-likeness (QED) is 0.736. The molecule has 3 N–H and O–H groups in total. The van der Waals surface area contributed by atoms with Crippen LogP contribution in [0.25, 0.3) is 0 Å². The number of nitrogens with two attached hydrogens (primary N) is 1. The number of nitrogens with zero attached hydrogens (tertiary/aromatic N) is 4. The number of hydrogen-bond acceptors (Lipinski definition) is 5. The minimum absolute atomic E-state index is 0.131. The molecule has 1 amide bonds. The second-order valence-electron chi connectivity index (χ2n) is 4.94. The lowest BCUT2D eigenvalue weighted by Crippen LogP contribution is -2.45. The first-order valence-electron chi connectivity index (χ1n) is 6.14. The predicted molar refractivity (Wildman–Crippen MR) is 64.8 cm³/mol. The number of hydrogen-bond donors (Lipinski definition) is 2. The minimum atomic E-state index is -0.659. The molecule has 0 atom stereocenters. The van der Waals surface area contributed by atoms with Crippen LogP contribution in [0, 0.1) is 0 Å². The Labute approximate surface area is 106 Å². The maximum atomic E-state index is 12.1. The largest absolute Gasteiger partial charge is 0.390 e. The fraction of sp³-hybridized carbons (Fsp3) is 0.727. The summed E-state index contributed by atoms with van der Waals surface area (Å²) in [6, 6.07) is 0. The Balaban J connectivity index is 1.98. The Morgan fingerprint density at radius 3 is 2.83 bits per heavy atom. The number of aromatic nitrogens is 3. The second-order valence-corrected chi connectivity index (χ2v) is 4.94. The topological polar surface area (TPSA) is 97.3 Å².